The average molecular weight is 411 g/mol. The summed E-state index contributed by atoms with van der Waals surface area (Å²) in [4.78, 5) is 0. The molecule has 0 heterocycles. The number of nitrogens with one attached hydrogen (secondary N) is 1. The minimum absolute atomic E-state index is 0.00350. The van der Waals surface area contributed by atoms with Crippen LogP contribution in [0, 0.1) is 5.41 Å². The monoisotopic (exact) mass is 410 g/mol. The Labute approximate surface area is 171 Å². The molecule has 5 nitrogen and oxygen atoms in total. The summed E-state index contributed by atoms with van der Waals surface area (Å²) in [7, 11) is -3.42. The van der Waals surface area contributed by atoms with Gasteiger partial charge in [0.1, 0.15) is 0 Å². The maximum absolute atomic E-state index is 12.2. The van der Waals surface area contributed by atoms with Crippen molar-refractivity contribution in [2.45, 2.75) is 84.2 Å². The summed E-state index contributed by atoms with van der Waals surface area (Å²) in [6.45, 7) is 4.97. The Hall–Kier alpha value is -1.11. The third-order valence-corrected chi connectivity index (χ3v) is 6.99. The third kappa shape index (κ3) is 5.94. The molecule has 0 aromatic heterocycles. The zero-order chi connectivity index (χ0) is 20.6. The molecule has 1 aromatic rings. The molecule has 1 saturated carbocycles. The van der Waals surface area contributed by atoms with E-state index in [1.54, 1.807) is 12.1 Å². The Balaban J connectivity index is 2.03. The van der Waals surface area contributed by atoms with Gasteiger partial charge in [0.05, 0.1) is 18.0 Å². The van der Waals surface area contributed by atoms with Gasteiger partial charge in [-0.1, -0.05) is 64.5 Å². The second kappa shape index (κ2) is 10.6. The molecule has 1 aliphatic rings. The minimum Gasteiger partial charge on any atom is -0.388 e. The lowest BCUT2D eigenvalue weighted by atomic mass is 9.61. The first-order valence-corrected chi connectivity index (χ1v) is 12.7. The molecule has 28 heavy (non-hydrogen) atoms. The van der Waals surface area contributed by atoms with E-state index >= 15 is 0 Å². The highest BCUT2D eigenvalue weighted by atomic mass is 32.2. The van der Waals surface area contributed by atoms with Crippen LogP contribution in [0.25, 0.3) is 0 Å². The molecule has 0 saturated heterocycles. The number of aliphatic hydroxyl groups is 1. The van der Waals surface area contributed by atoms with Crippen molar-refractivity contribution in [1.29, 1.82) is 0 Å². The lowest BCUT2D eigenvalue weighted by molar-refractivity contribution is -0.0440. The Morgan fingerprint density at radius 1 is 1.07 bits per heavy atom. The SMILES string of the molecule is CCCCCCCNN(c1ccc(C(O)C2(CCC)CCC2)cc1)S(C)(=O)=O. The highest BCUT2D eigenvalue weighted by Gasteiger charge is 2.43. The number of benzene rings is 1. The van der Waals surface area contributed by atoms with Crippen LogP contribution in [-0.2, 0) is 10.0 Å². The summed E-state index contributed by atoms with van der Waals surface area (Å²) >= 11 is 0. The molecule has 160 valence electrons. The number of anilines is 1. The molecule has 2 N–H and O–H groups in total. The van der Waals surface area contributed by atoms with Gasteiger partial charge in [-0.05, 0) is 43.4 Å². The van der Waals surface area contributed by atoms with Crippen molar-refractivity contribution in [3.63, 3.8) is 0 Å². The van der Waals surface area contributed by atoms with Crippen molar-refractivity contribution in [3.8, 4) is 0 Å². The lowest BCUT2D eigenvalue weighted by Gasteiger charge is -2.46. The topological polar surface area (TPSA) is 69.6 Å². The summed E-state index contributed by atoms with van der Waals surface area (Å²) in [6.07, 6.45) is 11.8. The van der Waals surface area contributed by atoms with Crippen molar-refractivity contribution < 1.29 is 13.5 Å². The number of sulfonamides is 1. The smallest absolute Gasteiger partial charge is 0.245 e. The molecule has 0 aliphatic heterocycles. The van der Waals surface area contributed by atoms with Gasteiger partial charge in [0.15, 0.2) is 0 Å². The van der Waals surface area contributed by atoms with Crippen molar-refractivity contribution >= 4 is 15.7 Å². The van der Waals surface area contributed by atoms with Gasteiger partial charge in [-0.3, -0.25) is 0 Å². The van der Waals surface area contributed by atoms with E-state index in [1.807, 2.05) is 12.1 Å². The quantitative estimate of drug-likeness (QED) is 0.357. The van der Waals surface area contributed by atoms with E-state index in [0.29, 0.717) is 12.2 Å². The number of rotatable bonds is 13. The van der Waals surface area contributed by atoms with Gasteiger partial charge < -0.3 is 5.11 Å². The van der Waals surface area contributed by atoms with E-state index in [2.05, 4.69) is 19.3 Å². The summed E-state index contributed by atoms with van der Waals surface area (Å²) in [5.74, 6) is 0. The van der Waals surface area contributed by atoms with Gasteiger partial charge in [0, 0.05) is 12.0 Å². The number of hydrogen-bond acceptors (Lipinski definition) is 4. The summed E-state index contributed by atoms with van der Waals surface area (Å²) in [5, 5.41) is 10.9. The summed E-state index contributed by atoms with van der Waals surface area (Å²) in [5.41, 5.74) is 4.53. The van der Waals surface area contributed by atoms with Crippen molar-refractivity contribution in [2.75, 3.05) is 17.2 Å². The molecule has 1 aliphatic carbocycles. The summed E-state index contributed by atoms with van der Waals surface area (Å²) in [6, 6.07) is 7.33. The zero-order valence-corrected chi connectivity index (χ0v) is 18.6. The molecule has 1 unspecified atom stereocenters. The highest BCUT2D eigenvalue weighted by molar-refractivity contribution is 7.92. The minimum atomic E-state index is -3.42. The van der Waals surface area contributed by atoms with Crippen LogP contribution in [0.2, 0.25) is 0 Å². The van der Waals surface area contributed by atoms with Crippen molar-refractivity contribution in [3.05, 3.63) is 29.8 Å². The number of nitrogens with zero attached hydrogens (tertiary/aromatic N) is 1. The first-order valence-electron chi connectivity index (χ1n) is 10.9. The molecule has 6 heteroatoms. The number of unbranched alkanes of at least 4 members (excludes halogenated alkanes) is 4. The van der Waals surface area contributed by atoms with E-state index in [9.17, 15) is 13.5 Å². The van der Waals surface area contributed by atoms with Gasteiger partial charge in [0.2, 0.25) is 10.0 Å². The van der Waals surface area contributed by atoms with E-state index in [0.717, 1.165) is 44.1 Å². The van der Waals surface area contributed by atoms with Crippen LogP contribution >= 0.6 is 0 Å². The van der Waals surface area contributed by atoms with Crippen LogP contribution in [0.15, 0.2) is 24.3 Å². The standard InChI is InChI=1S/C22H38N2O3S/c1-4-6-7-8-9-18-23-24(28(3,26)27)20-13-11-19(12-14-20)21(25)22(15-5-2)16-10-17-22/h11-14,21,23,25H,4-10,15-18H2,1-3H3. The van der Waals surface area contributed by atoms with Crippen LogP contribution in [0.1, 0.15) is 89.7 Å². The predicted octanol–water partition coefficient (Wildman–Crippen LogP) is 4.93. The fourth-order valence-corrected chi connectivity index (χ4v) is 5.07. The molecule has 1 atom stereocenters. The Kier molecular flexibility index (Phi) is 8.78. The predicted molar refractivity (Wildman–Crippen MR) is 117 cm³/mol. The van der Waals surface area contributed by atoms with E-state index < -0.39 is 16.1 Å². The molecule has 0 amide bonds. The highest BCUT2D eigenvalue weighted by Crippen LogP contribution is 2.53. The van der Waals surface area contributed by atoms with Crippen molar-refractivity contribution in [1.82, 2.24) is 5.43 Å². The van der Waals surface area contributed by atoms with Gasteiger partial charge in [-0.15, -0.1) is 0 Å². The fourth-order valence-electron chi connectivity index (χ4n) is 4.24. The number of aliphatic hydroxyl groups excluding tert-OH is 1. The zero-order valence-electron chi connectivity index (χ0n) is 17.8. The van der Waals surface area contributed by atoms with Gasteiger partial charge in [0.25, 0.3) is 0 Å². The van der Waals surface area contributed by atoms with E-state index in [4.69, 9.17) is 0 Å². The van der Waals surface area contributed by atoms with Crippen LogP contribution in [-0.4, -0.2) is 26.3 Å². The van der Waals surface area contributed by atoms with Gasteiger partial charge in [-0.25, -0.2) is 18.3 Å². The largest absolute Gasteiger partial charge is 0.388 e. The second-order valence-electron chi connectivity index (χ2n) is 8.31. The van der Waals surface area contributed by atoms with Gasteiger partial charge in [-0.2, -0.15) is 0 Å². The fraction of sp³-hybridized carbons (Fsp3) is 0.727. The molecule has 1 aromatic carbocycles. The second-order valence-corrected chi connectivity index (χ2v) is 10.1. The van der Waals surface area contributed by atoms with Crippen LogP contribution in [0.4, 0.5) is 5.69 Å². The van der Waals surface area contributed by atoms with E-state index in [-0.39, 0.29) is 5.41 Å². The third-order valence-electron chi connectivity index (χ3n) is 5.99. The molecular formula is C22H38N2O3S. The maximum Gasteiger partial charge on any atom is 0.245 e. The molecule has 0 spiro atoms. The van der Waals surface area contributed by atoms with Crippen LogP contribution in [0.3, 0.4) is 0 Å². The normalized spacial score (nSPS) is 17.1. The molecule has 0 bridgehead atoms. The first-order chi connectivity index (χ1) is 13.3. The summed E-state index contributed by atoms with van der Waals surface area (Å²) < 4.78 is 25.7. The molecule has 2 rings (SSSR count). The Morgan fingerprint density at radius 3 is 2.21 bits per heavy atom. The van der Waals surface area contributed by atoms with Crippen LogP contribution < -0.4 is 9.84 Å². The number of hydrazine groups is 1. The maximum atomic E-state index is 12.2. The van der Waals surface area contributed by atoms with Crippen molar-refractivity contribution in [2.24, 2.45) is 5.41 Å². The van der Waals surface area contributed by atoms with Crippen LogP contribution in [0.5, 0.6) is 0 Å². The number of hydrogen-bond donors (Lipinski definition) is 2. The van der Waals surface area contributed by atoms with Gasteiger partial charge >= 0.3 is 0 Å². The Bertz CT molecular complexity index is 684. The lowest BCUT2D eigenvalue weighted by Crippen LogP contribution is -2.43. The first kappa shape index (κ1) is 23.2. The van der Waals surface area contributed by atoms with E-state index in [1.165, 1.54) is 36.4 Å². The Morgan fingerprint density at radius 2 is 1.71 bits per heavy atom. The average Bonchev–Trinajstić information content (AvgIpc) is 2.63. The molecular weight excluding hydrogens is 372 g/mol. The molecule has 1 fully saturated rings. The molecule has 0 radical (unpaired) electrons.